The monoisotopic (exact) mass is 306 g/mol. The Bertz CT molecular complexity index is 570. The lowest BCUT2D eigenvalue weighted by Crippen LogP contribution is -2.51. The van der Waals surface area contributed by atoms with Crippen molar-refractivity contribution < 1.29 is 24.2 Å². The molecule has 1 aliphatic heterocycles. The van der Waals surface area contributed by atoms with Crippen LogP contribution in [0.2, 0.25) is 0 Å². The maximum atomic E-state index is 12.3. The largest absolute Gasteiger partial charge is 0.508 e. The number of rotatable bonds is 5. The summed E-state index contributed by atoms with van der Waals surface area (Å²) in [7, 11) is 1.51. The van der Waals surface area contributed by atoms with Crippen molar-refractivity contribution in [2.75, 3.05) is 20.3 Å². The molecular weight excluding hydrogens is 288 g/mol. The van der Waals surface area contributed by atoms with Gasteiger partial charge in [0.1, 0.15) is 18.3 Å². The van der Waals surface area contributed by atoms with Crippen LogP contribution in [0.5, 0.6) is 5.75 Å². The van der Waals surface area contributed by atoms with E-state index < -0.39 is 24.0 Å². The first kappa shape index (κ1) is 15.8. The Morgan fingerprint density at radius 1 is 1.32 bits per heavy atom. The molecule has 0 bridgehead atoms. The summed E-state index contributed by atoms with van der Waals surface area (Å²) in [6.45, 7) is 4.14. The van der Waals surface area contributed by atoms with Crippen LogP contribution in [0.15, 0.2) is 36.5 Å². The van der Waals surface area contributed by atoms with E-state index in [0.29, 0.717) is 5.56 Å². The highest BCUT2D eigenvalue weighted by Gasteiger charge is 2.38. The zero-order valence-electron chi connectivity index (χ0n) is 12.2. The number of esters is 1. The van der Waals surface area contributed by atoms with E-state index in [-0.39, 0.29) is 24.7 Å². The van der Waals surface area contributed by atoms with Crippen molar-refractivity contribution >= 4 is 12.0 Å². The molecule has 0 radical (unpaired) electrons. The maximum Gasteiger partial charge on any atom is 0.319 e. The summed E-state index contributed by atoms with van der Waals surface area (Å²) in [5.74, 6) is -1.17. The quantitative estimate of drug-likeness (QED) is 0.558. The summed E-state index contributed by atoms with van der Waals surface area (Å²) in [5, 5.41) is 14.5. The third-order valence-electron chi connectivity index (χ3n) is 3.31. The molecule has 118 valence electrons. The summed E-state index contributed by atoms with van der Waals surface area (Å²) in [4.78, 5) is 23.9. The fourth-order valence-electron chi connectivity index (χ4n) is 2.24. The first-order valence-electron chi connectivity index (χ1n) is 6.73. The molecule has 0 spiro atoms. The second-order valence-corrected chi connectivity index (χ2v) is 4.83. The van der Waals surface area contributed by atoms with E-state index in [1.165, 1.54) is 19.2 Å². The zero-order chi connectivity index (χ0) is 16.1. The molecule has 2 atom stereocenters. The highest BCUT2D eigenvalue weighted by atomic mass is 16.6. The van der Waals surface area contributed by atoms with Gasteiger partial charge in [0.15, 0.2) is 0 Å². The van der Waals surface area contributed by atoms with E-state index in [4.69, 9.17) is 9.47 Å². The second-order valence-electron chi connectivity index (χ2n) is 4.83. The van der Waals surface area contributed by atoms with Crippen LogP contribution in [0.1, 0.15) is 11.6 Å². The van der Waals surface area contributed by atoms with Gasteiger partial charge in [-0.05, 0) is 17.7 Å². The standard InChI is InChI=1S/C15H18N2O5/c1-9-12(14(19)22-8-7-21-2)13(17-15(20)16-9)10-3-5-11(18)6-4-10/h3-6,12-13,18H,1,7-8H2,2H3,(H2,16,17,20)/t12-,13+/m0/s1. The minimum atomic E-state index is -0.765. The van der Waals surface area contributed by atoms with Gasteiger partial charge in [-0.2, -0.15) is 0 Å². The molecule has 1 aromatic carbocycles. The fourth-order valence-corrected chi connectivity index (χ4v) is 2.24. The van der Waals surface area contributed by atoms with Crippen LogP contribution in [-0.4, -0.2) is 37.4 Å². The molecule has 0 saturated carbocycles. The average molecular weight is 306 g/mol. The first-order valence-corrected chi connectivity index (χ1v) is 6.73. The molecule has 7 nitrogen and oxygen atoms in total. The molecule has 0 unspecified atom stereocenters. The van der Waals surface area contributed by atoms with Crippen LogP contribution in [0.4, 0.5) is 4.79 Å². The van der Waals surface area contributed by atoms with Gasteiger partial charge in [0.05, 0.1) is 12.6 Å². The SMILES string of the molecule is C=C1NC(=O)N[C@H](c2ccc(O)cc2)[C@H]1C(=O)OCCOC. The van der Waals surface area contributed by atoms with Gasteiger partial charge in [-0.3, -0.25) is 4.79 Å². The van der Waals surface area contributed by atoms with Crippen LogP contribution in [0.25, 0.3) is 0 Å². The Morgan fingerprint density at radius 2 is 2.00 bits per heavy atom. The van der Waals surface area contributed by atoms with E-state index >= 15 is 0 Å². The lowest BCUT2D eigenvalue weighted by molar-refractivity contribution is -0.149. The normalized spacial score (nSPS) is 21.0. The number of amides is 2. The molecule has 3 N–H and O–H groups in total. The van der Waals surface area contributed by atoms with Gasteiger partial charge in [0, 0.05) is 12.8 Å². The van der Waals surface area contributed by atoms with Crippen LogP contribution in [0, 0.1) is 5.92 Å². The molecule has 1 aliphatic rings. The maximum absolute atomic E-state index is 12.3. The molecule has 2 rings (SSSR count). The van der Waals surface area contributed by atoms with Crippen molar-refractivity contribution in [3.05, 3.63) is 42.1 Å². The third-order valence-corrected chi connectivity index (χ3v) is 3.31. The highest BCUT2D eigenvalue weighted by molar-refractivity contribution is 5.85. The smallest absolute Gasteiger partial charge is 0.319 e. The average Bonchev–Trinajstić information content (AvgIpc) is 2.47. The lowest BCUT2D eigenvalue weighted by Gasteiger charge is -2.33. The van der Waals surface area contributed by atoms with Gasteiger partial charge >= 0.3 is 12.0 Å². The van der Waals surface area contributed by atoms with Crippen molar-refractivity contribution in [3.8, 4) is 5.75 Å². The molecule has 1 saturated heterocycles. The van der Waals surface area contributed by atoms with E-state index in [1.807, 2.05) is 0 Å². The Morgan fingerprint density at radius 3 is 2.64 bits per heavy atom. The van der Waals surface area contributed by atoms with Crippen LogP contribution in [-0.2, 0) is 14.3 Å². The number of hydrogen-bond acceptors (Lipinski definition) is 5. The Labute approximate surface area is 127 Å². The van der Waals surface area contributed by atoms with Gasteiger partial charge in [0.25, 0.3) is 0 Å². The van der Waals surface area contributed by atoms with Gasteiger partial charge < -0.3 is 25.2 Å². The second kappa shape index (κ2) is 6.95. The molecule has 22 heavy (non-hydrogen) atoms. The van der Waals surface area contributed by atoms with Gasteiger partial charge in [-0.1, -0.05) is 18.7 Å². The van der Waals surface area contributed by atoms with Crippen LogP contribution >= 0.6 is 0 Å². The first-order chi connectivity index (χ1) is 10.5. The number of methoxy groups -OCH3 is 1. The number of nitrogens with one attached hydrogen (secondary N) is 2. The number of urea groups is 1. The molecular formula is C15H18N2O5. The van der Waals surface area contributed by atoms with Crippen molar-refractivity contribution in [3.63, 3.8) is 0 Å². The number of carbonyl (C=O) groups is 2. The van der Waals surface area contributed by atoms with Crippen molar-refractivity contribution in [1.29, 1.82) is 0 Å². The van der Waals surface area contributed by atoms with Gasteiger partial charge in [-0.15, -0.1) is 0 Å². The van der Waals surface area contributed by atoms with E-state index in [0.717, 1.165) is 0 Å². The molecule has 1 fully saturated rings. The van der Waals surface area contributed by atoms with E-state index in [2.05, 4.69) is 17.2 Å². The molecule has 0 aliphatic carbocycles. The third kappa shape index (κ3) is 3.56. The summed E-state index contributed by atoms with van der Waals surface area (Å²) >= 11 is 0. The highest BCUT2D eigenvalue weighted by Crippen LogP contribution is 2.31. The number of aromatic hydroxyl groups is 1. The Hall–Kier alpha value is -2.54. The summed E-state index contributed by atoms with van der Waals surface area (Å²) in [5.41, 5.74) is 0.937. The van der Waals surface area contributed by atoms with Gasteiger partial charge in [-0.25, -0.2) is 4.79 Å². The summed E-state index contributed by atoms with van der Waals surface area (Å²) in [6.07, 6.45) is 0. The number of benzene rings is 1. The predicted molar refractivity (Wildman–Crippen MR) is 78.0 cm³/mol. The van der Waals surface area contributed by atoms with E-state index in [9.17, 15) is 14.7 Å². The summed E-state index contributed by atoms with van der Waals surface area (Å²) < 4.78 is 9.97. The minimum Gasteiger partial charge on any atom is -0.508 e. The fraction of sp³-hybridized carbons (Fsp3) is 0.333. The molecule has 7 heteroatoms. The number of ether oxygens (including phenoxy) is 2. The molecule has 1 aromatic rings. The molecule has 1 heterocycles. The number of phenols is 1. The van der Waals surface area contributed by atoms with Gasteiger partial charge in [0.2, 0.25) is 0 Å². The minimum absolute atomic E-state index is 0.0991. The number of hydrogen-bond donors (Lipinski definition) is 3. The summed E-state index contributed by atoms with van der Waals surface area (Å²) in [6, 6.07) is 5.18. The van der Waals surface area contributed by atoms with Crippen molar-refractivity contribution in [2.45, 2.75) is 6.04 Å². The molecule has 0 aromatic heterocycles. The lowest BCUT2D eigenvalue weighted by atomic mass is 9.89. The molecule has 2 amide bonds. The van der Waals surface area contributed by atoms with Crippen molar-refractivity contribution in [1.82, 2.24) is 10.6 Å². The Balaban J connectivity index is 2.21. The predicted octanol–water partition coefficient (Wildman–Crippen LogP) is 1.07. The van der Waals surface area contributed by atoms with Crippen LogP contribution < -0.4 is 10.6 Å². The Kier molecular flexibility index (Phi) is 5.00. The number of carbonyl (C=O) groups excluding carboxylic acids is 2. The van der Waals surface area contributed by atoms with E-state index in [1.54, 1.807) is 12.1 Å². The number of phenolic OH excluding ortho intramolecular Hbond substituents is 1. The van der Waals surface area contributed by atoms with Crippen LogP contribution in [0.3, 0.4) is 0 Å². The zero-order valence-corrected chi connectivity index (χ0v) is 12.2. The van der Waals surface area contributed by atoms with Crippen molar-refractivity contribution in [2.24, 2.45) is 5.92 Å². The topological polar surface area (TPSA) is 96.9 Å².